The lowest BCUT2D eigenvalue weighted by molar-refractivity contribution is -0.134. The van der Waals surface area contributed by atoms with Crippen molar-refractivity contribution in [3.8, 4) is 22.9 Å². The van der Waals surface area contributed by atoms with Gasteiger partial charge in [-0.1, -0.05) is 24.3 Å². The number of benzene rings is 2. The second-order valence-corrected chi connectivity index (χ2v) is 5.94. The van der Waals surface area contributed by atoms with Gasteiger partial charge in [-0.3, -0.25) is 4.79 Å². The number of rotatable bonds is 4. The van der Waals surface area contributed by atoms with Gasteiger partial charge in [0.25, 0.3) is 5.91 Å². The van der Waals surface area contributed by atoms with Crippen LogP contribution in [-0.4, -0.2) is 30.5 Å². The molecule has 0 N–H and O–H groups in total. The molecule has 1 saturated heterocycles. The van der Waals surface area contributed by atoms with Gasteiger partial charge in [-0.25, -0.2) is 0 Å². The fraction of sp³-hybridized carbons (Fsp3) is 0.300. The van der Waals surface area contributed by atoms with E-state index in [-0.39, 0.29) is 12.5 Å². The molecule has 1 fully saturated rings. The predicted molar refractivity (Wildman–Crippen MR) is 92.5 cm³/mol. The van der Waals surface area contributed by atoms with Crippen LogP contribution in [0.5, 0.6) is 5.75 Å². The Balaban J connectivity index is 1.58. The van der Waals surface area contributed by atoms with Crippen LogP contribution >= 0.6 is 0 Å². The van der Waals surface area contributed by atoms with Crippen LogP contribution in [0.25, 0.3) is 11.1 Å². The summed E-state index contributed by atoms with van der Waals surface area (Å²) >= 11 is 0. The molecule has 1 heterocycles. The second-order valence-electron chi connectivity index (χ2n) is 5.94. The summed E-state index contributed by atoms with van der Waals surface area (Å²) in [5.74, 6) is 0.753. The van der Waals surface area contributed by atoms with E-state index in [0.29, 0.717) is 11.3 Å². The maximum atomic E-state index is 12.1. The van der Waals surface area contributed by atoms with E-state index in [9.17, 15) is 4.79 Å². The first kappa shape index (κ1) is 16.1. The lowest BCUT2D eigenvalue weighted by Gasteiger charge is -2.26. The highest BCUT2D eigenvalue weighted by Crippen LogP contribution is 2.23. The van der Waals surface area contributed by atoms with Gasteiger partial charge >= 0.3 is 0 Å². The topological polar surface area (TPSA) is 53.3 Å². The summed E-state index contributed by atoms with van der Waals surface area (Å²) in [6.45, 7) is 1.79. The third-order valence-electron chi connectivity index (χ3n) is 4.27. The number of hydrogen-bond donors (Lipinski definition) is 0. The highest BCUT2D eigenvalue weighted by molar-refractivity contribution is 5.77. The Morgan fingerprint density at radius 1 is 0.958 bits per heavy atom. The van der Waals surface area contributed by atoms with Gasteiger partial charge in [0.1, 0.15) is 5.75 Å². The van der Waals surface area contributed by atoms with Crippen LogP contribution in [0.15, 0.2) is 48.5 Å². The van der Waals surface area contributed by atoms with Crippen molar-refractivity contribution in [3.63, 3.8) is 0 Å². The summed E-state index contributed by atoms with van der Waals surface area (Å²) < 4.78 is 5.61. The van der Waals surface area contributed by atoms with Crippen molar-refractivity contribution < 1.29 is 9.53 Å². The smallest absolute Gasteiger partial charge is 0.260 e. The molecular formula is C20H20N2O2. The fourth-order valence-corrected chi connectivity index (χ4v) is 2.86. The molecule has 4 nitrogen and oxygen atoms in total. The van der Waals surface area contributed by atoms with Crippen molar-refractivity contribution in [1.82, 2.24) is 4.90 Å². The maximum Gasteiger partial charge on any atom is 0.260 e. The summed E-state index contributed by atoms with van der Waals surface area (Å²) in [5, 5.41) is 8.84. The second kappa shape index (κ2) is 7.65. The molecule has 0 aliphatic carbocycles. The largest absolute Gasteiger partial charge is 0.484 e. The summed E-state index contributed by atoms with van der Waals surface area (Å²) in [4.78, 5) is 14.0. The number of carbonyl (C=O) groups excluding carboxylic acids is 1. The van der Waals surface area contributed by atoms with Crippen molar-refractivity contribution >= 4 is 5.91 Å². The van der Waals surface area contributed by atoms with E-state index in [1.165, 1.54) is 6.42 Å². The quantitative estimate of drug-likeness (QED) is 0.864. The number of nitriles is 1. The zero-order valence-electron chi connectivity index (χ0n) is 13.6. The molecular weight excluding hydrogens is 300 g/mol. The SMILES string of the molecule is N#Cc1ccc(-c2ccc(OCC(=O)N3CCCCC3)cc2)cc1. The first-order chi connectivity index (χ1) is 11.8. The molecule has 122 valence electrons. The van der Waals surface area contributed by atoms with Crippen LogP contribution in [-0.2, 0) is 4.79 Å². The molecule has 4 heteroatoms. The number of amides is 1. The minimum absolute atomic E-state index is 0.0610. The van der Waals surface area contributed by atoms with E-state index in [4.69, 9.17) is 10.00 Å². The van der Waals surface area contributed by atoms with Crippen LogP contribution < -0.4 is 4.74 Å². The van der Waals surface area contributed by atoms with Gasteiger partial charge in [-0.05, 0) is 54.7 Å². The normalized spacial score (nSPS) is 14.0. The summed E-state index contributed by atoms with van der Waals surface area (Å²) in [5.41, 5.74) is 2.74. The number of nitrogens with zero attached hydrogens (tertiary/aromatic N) is 2. The average Bonchev–Trinajstić information content (AvgIpc) is 2.67. The van der Waals surface area contributed by atoms with E-state index in [1.807, 2.05) is 41.3 Å². The Morgan fingerprint density at radius 3 is 2.12 bits per heavy atom. The molecule has 2 aromatic carbocycles. The molecule has 0 saturated carbocycles. The molecule has 0 bridgehead atoms. The van der Waals surface area contributed by atoms with E-state index in [0.717, 1.165) is 37.1 Å². The highest BCUT2D eigenvalue weighted by atomic mass is 16.5. The van der Waals surface area contributed by atoms with Gasteiger partial charge in [-0.2, -0.15) is 5.26 Å². The lowest BCUT2D eigenvalue weighted by Crippen LogP contribution is -2.38. The molecule has 24 heavy (non-hydrogen) atoms. The molecule has 1 aliphatic rings. The minimum atomic E-state index is 0.0610. The lowest BCUT2D eigenvalue weighted by atomic mass is 10.0. The van der Waals surface area contributed by atoms with Gasteiger partial charge in [-0.15, -0.1) is 0 Å². The van der Waals surface area contributed by atoms with E-state index in [2.05, 4.69) is 6.07 Å². The third kappa shape index (κ3) is 3.94. The predicted octanol–water partition coefficient (Wildman–Crippen LogP) is 3.62. The molecule has 3 rings (SSSR count). The molecule has 0 atom stereocenters. The average molecular weight is 320 g/mol. The van der Waals surface area contributed by atoms with Crippen LogP contribution in [0.1, 0.15) is 24.8 Å². The van der Waals surface area contributed by atoms with Crippen LogP contribution in [0, 0.1) is 11.3 Å². The van der Waals surface area contributed by atoms with Gasteiger partial charge < -0.3 is 9.64 Å². The summed E-state index contributed by atoms with van der Waals surface area (Å²) in [6, 6.07) is 17.2. The molecule has 0 radical (unpaired) electrons. The highest BCUT2D eigenvalue weighted by Gasteiger charge is 2.16. The Labute approximate surface area is 142 Å². The fourth-order valence-electron chi connectivity index (χ4n) is 2.86. The monoisotopic (exact) mass is 320 g/mol. The van der Waals surface area contributed by atoms with Crippen molar-refractivity contribution in [2.24, 2.45) is 0 Å². The maximum absolute atomic E-state index is 12.1. The Bertz CT molecular complexity index is 724. The zero-order chi connectivity index (χ0) is 16.8. The number of ether oxygens (including phenoxy) is 1. The Morgan fingerprint density at radius 2 is 1.54 bits per heavy atom. The van der Waals surface area contributed by atoms with Crippen molar-refractivity contribution in [3.05, 3.63) is 54.1 Å². The Hall–Kier alpha value is -2.80. The third-order valence-corrected chi connectivity index (χ3v) is 4.27. The number of likely N-dealkylation sites (tertiary alicyclic amines) is 1. The van der Waals surface area contributed by atoms with Gasteiger partial charge in [0.05, 0.1) is 11.6 Å². The molecule has 0 unspecified atom stereocenters. The van der Waals surface area contributed by atoms with Gasteiger partial charge in [0.15, 0.2) is 6.61 Å². The van der Waals surface area contributed by atoms with Crippen molar-refractivity contribution in [1.29, 1.82) is 5.26 Å². The molecule has 0 spiro atoms. The number of carbonyl (C=O) groups is 1. The van der Waals surface area contributed by atoms with Crippen molar-refractivity contribution in [2.75, 3.05) is 19.7 Å². The number of hydrogen-bond acceptors (Lipinski definition) is 3. The van der Waals surface area contributed by atoms with Crippen molar-refractivity contribution in [2.45, 2.75) is 19.3 Å². The van der Waals surface area contributed by atoms with E-state index < -0.39 is 0 Å². The molecule has 1 amide bonds. The summed E-state index contributed by atoms with van der Waals surface area (Å²) in [7, 11) is 0. The van der Waals surface area contributed by atoms with Crippen LogP contribution in [0.3, 0.4) is 0 Å². The number of piperidine rings is 1. The molecule has 0 aromatic heterocycles. The minimum Gasteiger partial charge on any atom is -0.484 e. The van der Waals surface area contributed by atoms with Crippen LogP contribution in [0.4, 0.5) is 0 Å². The van der Waals surface area contributed by atoms with Crippen LogP contribution in [0.2, 0.25) is 0 Å². The Kier molecular flexibility index (Phi) is 5.12. The van der Waals surface area contributed by atoms with E-state index in [1.54, 1.807) is 12.1 Å². The molecule has 2 aromatic rings. The molecule has 1 aliphatic heterocycles. The van der Waals surface area contributed by atoms with E-state index >= 15 is 0 Å². The standard InChI is InChI=1S/C20H20N2O2/c21-14-16-4-6-17(7-5-16)18-8-10-19(11-9-18)24-15-20(23)22-12-2-1-3-13-22/h4-11H,1-3,12-13,15H2. The first-order valence-corrected chi connectivity index (χ1v) is 8.27. The first-order valence-electron chi connectivity index (χ1n) is 8.27. The van der Waals surface area contributed by atoms with Gasteiger partial charge in [0.2, 0.25) is 0 Å². The summed E-state index contributed by atoms with van der Waals surface area (Å²) in [6.07, 6.45) is 3.39. The van der Waals surface area contributed by atoms with Gasteiger partial charge in [0, 0.05) is 13.1 Å². The zero-order valence-corrected chi connectivity index (χ0v) is 13.6.